The summed E-state index contributed by atoms with van der Waals surface area (Å²) in [4.78, 5) is 0. The van der Waals surface area contributed by atoms with Crippen molar-refractivity contribution in [3.05, 3.63) is 56.2 Å². The first-order valence-electron chi connectivity index (χ1n) is 6.28. The van der Waals surface area contributed by atoms with E-state index < -0.39 is 11.9 Å². The summed E-state index contributed by atoms with van der Waals surface area (Å²) in [6.07, 6.45) is -1.09. The van der Waals surface area contributed by atoms with Crippen LogP contribution in [0, 0.1) is 5.82 Å². The molecule has 0 amide bonds. The second kappa shape index (κ2) is 5.94. The molecule has 2 aromatic carbocycles. The van der Waals surface area contributed by atoms with E-state index in [9.17, 15) is 9.50 Å². The minimum absolute atomic E-state index is 0.204. The van der Waals surface area contributed by atoms with Gasteiger partial charge in [0.2, 0.25) is 0 Å². The molecule has 3 rings (SSSR count). The molecular formula is C15H11Br2FO3. The molecule has 0 aliphatic carbocycles. The molecule has 0 radical (unpaired) electrons. The van der Waals surface area contributed by atoms with Crippen molar-refractivity contribution >= 4 is 31.9 Å². The molecule has 0 saturated heterocycles. The van der Waals surface area contributed by atoms with Crippen LogP contribution in [0.25, 0.3) is 0 Å². The number of ether oxygens (including phenoxy) is 2. The lowest BCUT2D eigenvalue weighted by atomic mass is 10.0. The van der Waals surface area contributed by atoms with Crippen molar-refractivity contribution in [2.24, 2.45) is 0 Å². The first-order chi connectivity index (χ1) is 10.1. The van der Waals surface area contributed by atoms with Crippen molar-refractivity contribution in [3.63, 3.8) is 0 Å². The molecule has 110 valence electrons. The van der Waals surface area contributed by atoms with Gasteiger partial charge in [0.05, 0.1) is 0 Å². The lowest BCUT2D eigenvalue weighted by molar-refractivity contribution is 0.169. The Morgan fingerprint density at radius 1 is 1.00 bits per heavy atom. The zero-order chi connectivity index (χ0) is 15.0. The topological polar surface area (TPSA) is 38.7 Å². The standard InChI is InChI=1S/C15H11Br2FO3/c16-8-1-2-9(12(18)5-8)15(19)10-6-13-14(7-11(10)17)21-4-3-20-13/h1-2,5-7,15,19H,3-4H2. The molecule has 6 heteroatoms. The third kappa shape index (κ3) is 2.93. The van der Waals surface area contributed by atoms with E-state index in [1.165, 1.54) is 6.07 Å². The molecule has 1 atom stereocenters. The van der Waals surface area contributed by atoms with Crippen LogP contribution in [0.15, 0.2) is 39.3 Å². The molecule has 1 aliphatic heterocycles. The van der Waals surface area contributed by atoms with Gasteiger partial charge < -0.3 is 14.6 Å². The number of hydrogen-bond acceptors (Lipinski definition) is 3. The van der Waals surface area contributed by atoms with Gasteiger partial charge in [0, 0.05) is 20.1 Å². The summed E-state index contributed by atoms with van der Waals surface area (Å²) >= 11 is 6.58. The lowest BCUT2D eigenvalue weighted by Gasteiger charge is -2.22. The largest absolute Gasteiger partial charge is 0.486 e. The summed E-state index contributed by atoms with van der Waals surface area (Å²) in [7, 11) is 0. The number of halogens is 3. The molecule has 2 aromatic rings. The second-order valence-electron chi connectivity index (χ2n) is 4.59. The summed E-state index contributed by atoms with van der Waals surface area (Å²) in [6, 6.07) is 7.96. The zero-order valence-electron chi connectivity index (χ0n) is 10.8. The highest BCUT2D eigenvalue weighted by Gasteiger charge is 2.22. The van der Waals surface area contributed by atoms with Crippen molar-refractivity contribution in [2.75, 3.05) is 13.2 Å². The van der Waals surface area contributed by atoms with Gasteiger partial charge in [0.25, 0.3) is 0 Å². The van der Waals surface area contributed by atoms with Gasteiger partial charge in [0.15, 0.2) is 11.5 Å². The van der Waals surface area contributed by atoms with Crippen LogP contribution in [-0.4, -0.2) is 18.3 Å². The Morgan fingerprint density at radius 2 is 1.67 bits per heavy atom. The van der Waals surface area contributed by atoms with E-state index in [-0.39, 0.29) is 5.56 Å². The maximum Gasteiger partial charge on any atom is 0.162 e. The average Bonchev–Trinajstić information content (AvgIpc) is 2.46. The Bertz CT molecular complexity index is 691. The van der Waals surface area contributed by atoms with Gasteiger partial charge >= 0.3 is 0 Å². The van der Waals surface area contributed by atoms with Crippen LogP contribution in [0.4, 0.5) is 4.39 Å². The van der Waals surface area contributed by atoms with Gasteiger partial charge in [-0.25, -0.2) is 4.39 Å². The summed E-state index contributed by atoms with van der Waals surface area (Å²) in [5, 5.41) is 10.5. The Kier molecular flexibility index (Phi) is 4.19. The Hall–Kier alpha value is -1.11. The van der Waals surface area contributed by atoms with Crippen molar-refractivity contribution in [1.82, 2.24) is 0 Å². The summed E-state index contributed by atoms with van der Waals surface area (Å²) in [5.74, 6) is 0.690. The first-order valence-corrected chi connectivity index (χ1v) is 7.87. The van der Waals surface area contributed by atoms with Crippen molar-refractivity contribution < 1.29 is 19.0 Å². The summed E-state index contributed by atoms with van der Waals surface area (Å²) < 4.78 is 26.2. The van der Waals surface area contributed by atoms with Crippen LogP contribution in [-0.2, 0) is 0 Å². The average molecular weight is 418 g/mol. The van der Waals surface area contributed by atoms with Gasteiger partial charge in [-0.3, -0.25) is 0 Å². The van der Waals surface area contributed by atoms with E-state index in [0.29, 0.717) is 39.2 Å². The second-order valence-corrected chi connectivity index (χ2v) is 6.36. The van der Waals surface area contributed by atoms with E-state index in [1.54, 1.807) is 24.3 Å². The van der Waals surface area contributed by atoms with Crippen molar-refractivity contribution in [3.8, 4) is 11.5 Å². The van der Waals surface area contributed by atoms with Crippen LogP contribution in [0.5, 0.6) is 11.5 Å². The van der Waals surface area contributed by atoms with E-state index in [1.807, 2.05) is 0 Å². The fourth-order valence-electron chi connectivity index (χ4n) is 2.18. The highest BCUT2D eigenvalue weighted by molar-refractivity contribution is 9.10. The maximum atomic E-state index is 14.0. The fraction of sp³-hybridized carbons (Fsp3) is 0.200. The Morgan fingerprint density at radius 3 is 2.33 bits per heavy atom. The van der Waals surface area contributed by atoms with Gasteiger partial charge in [-0.05, 0) is 24.3 Å². The minimum atomic E-state index is -1.09. The molecule has 0 aromatic heterocycles. The highest BCUT2D eigenvalue weighted by atomic mass is 79.9. The van der Waals surface area contributed by atoms with Crippen LogP contribution >= 0.6 is 31.9 Å². The molecular weight excluding hydrogens is 407 g/mol. The Balaban J connectivity index is 2.03. The number of benzene rings is 2. The molecule has 21 heavy (non-hydrogen) atoms. The van der Waals surface area contributed by atoms with Gasteiger partial charge in [-0.15, -0.1) is 0 Å². The number of fused-ring (bicyclic) bond motifs is 1. The highest BCUT2D eigenvalue weighted by Crippen LogP contribution is 2.40. The van der Waals surface area contributed by atoms with E-state index >= 15 is 0 Å². The third-order valence-corrected chi connectivity index (χ3v) is 4.39. The summed E-state index contributed by atoms with van der Waals surface area (Å²) in [6.45, 7) is 0.944. The lowest BCUT2D eigenvalue weighted by Crippen LogP contribution is -2.16. The molecule has 1 N–H and O–H groups in total. The van der Waals surface area contributed by atoms with Gasteiger partial charge in [-0.2, -0.15) is 0 Å². The zero-order valence-corrected chi connectivity index (χ0v) is 13.9. The Labute approximate surface area is 137 Å². The van der Waals surface area contributed by atoms with E-state index in [4.69, 9.17) is 9.47 Å². The number of hydrogen-bond donors (Lipinski definition) is 1. The first kappa shape index (κ1) is 14.8. The fourth-order valence-corrected chi connectivity index (χ4v) is 3.05. The molecule has 0 spiro atoms. The van der Waals surface area contributed by atoms with Crippen LogP contribution in [0.2, 0.25) is 0 Å². The van der Waals surface area contributed by atoms with Gasteiger partial charge in [0.1, 0.15) is 25.1 Å². The molecule has 1 heterocycles. The van der Waals surface area contributed by atoms with Crippen LogP contribution in [0.1, 0.15) is 17.2 Å². The van der Waals surface area contributed by atoms with Crippen LogP contribution in [0.3, 0.4) is 0 Å². The smallest absolute Gasteiger partial charge is 0.162 e. The normalized spacial score (nSPS) is 14.9. The quantitative estimate of drug-likeness (QED) is 0.795. The molecule has 3 nitrogen and oxygen atoms in total. The maximum absolute atomic E-state index is 14.0. The van der Waals surface area contributed by atoms with Crippen molar-refractivity contribution in [2.45, 2.75) is 6.10 Å². The van der Waals surface area contributed by atoms with Crippen LogP contribution < -0.4 is 9.47 Å². The van der Waals surface area contributed by atoms with E-state index in [2.05, 4.69) is 31.9 Å². The van der Waals surface area contributed by atoms with Crippen molar-refractivity contribution in [1.29, 1.82) is 0 Å². The molecule has 0 fully saturated rings. The molecule has 1 unspecified atom stereocenters. The number of aliphatic hydroxyl groups is 1. The third-order valence-electron chi connectivity index (χ3n) is 3.21. The van der Waals surface area contributed by atoms with E-state index in [0.717, 1.165) is 0 Å². The number of aliphatic hydroxyl groups excluding tert-OH is 1. The molecule has 0 bridgehead atoms. The number of rotatable bonds is 2. The molecule has 0 saturated carbocycles. The SMILES string of the molecule is OC(c1ccc(Br)cc1F)c1cc2c(cc1Br)OCCO2. The summed E-state index contributed by atoms with van der Waals surface area (Å²) in [5.41, 5.74) is 0.732. The predicted octanol–water partition coefficient (Wildman–Crippen LogP) is 4.20. The monoisotopic (exact) mass is 416 g/mol. The van der Waals surface area contributed by atoms with Gasteiger partial charge in [-0.1, -0.05) is 37.9 Å². The predicted molar refractivity (Wildman–Crippen MR) is 83.3 cm³/mol. The molecule has 1 aliphatic rings. The minimum Gasteiger partial charge on any atom is -0.486 e.